The minimum atomic E-state index is -0.864. The number of hydrogen-bond acceptors (Lipinski definition) is 3. The number of rotatable bonds is 4. The number of ether oxygens (including phenoxy) is 1. The highest BCUT2D eigenvalue weighted by atomic mass is 16.5. The summed E-state index contributed by atoms with van der Waals surface area (Å²) in [6, 6.07) is 8.05. The molecule has 0 aliphatic carbocycles. The van der Waals surface area contributed by atoms with Gasteiger partial charge in [-0.25, -0.2) is 0 Å². The first-order valence-electron chi connectivity index (χ1n) is 6.64. The van der Waals surface area contributed by atoms with Gasteiger partial charge in [-0.3, -0.25) is 9.69 Å². The third kappa shape index (κ3) is 3.14. The third-order valence-electron chi connectivity index (χ3n) is 3.80. The van der Waals surface area contributed by atoms with Crippen LogP contribution in [-0.2, 0) is 16.0 Å². The van der Waals surface area contributed by atoms with Gasteiger partial charge in [0.1, 0.15) is 5.54 Å². The average molecular weight is 263 g/mol. The molecule has 2 rings (SSSR count). The second-order valence-corrected chi connectivity index (χ2v) is 5.34. The molecule has 4 nitrogen and oxygen atoms in total. The van der Waals surface area contributed by atoms with E-state index in [1.54, 1.807) is 0 Å². The molecule has 0 spiro atoms. The van der Waals surface area contributed by atoms with Crippen LogP contribution in [0.25, 0.3) is 0 Å². The van der Waals surface area contributed by atoms with Crippen molar-refractivity contribution in [1.82, 2.24) is 4.90 Å². The van der Waals surface area contributed by atoms with Crippen molar-refractivity contribution < 1.29 is 14.6 Å². The van der Waals surface area contributed by atoms with Gasteiger partial charge in [0.25, 0.3) is 0 Å². The minimum absolute atomic E-state index is 0.518. The van der Waals surface area contributed by atoms with E-state index in [0.29, 0.717) is 32.7 Å². The first-order valence-corrected chi connectivity index (χ1v) is 6.64. The Morgan fingerprint density at radius 1 is 1.42 bits per heavy atom. The summed E-state index contributed by atoms with van der Waals surface area (Å²) < 4.78 is 5.31. The van der Waals surface area contributed by atoms with Crippen LogP contribution in [-0.4, -0.2) is 47.8 Å². The molecule has 1 fully saturated rings. The van der Waals surface area contributed by atoms with Crippen LogP contribution in [0, 0.1) is 6.92 Å². The number of carboxylic acids is 1. The van der Waals surface area contributed by atoms with E-state index in [9.17, 15) is 9.90 Å². The normalized spacial score (nSPS) is 19.9. The van der Waals surface area contributed by atoms with E-state index in [-0.39, 0.29) is 0 Å². The van der Waals surface area contributed by atoms with E-state index < -0.39 is 11.5 Å². The summed E-state index contributed by atoms with van der Waals surface area (Å²) in [7, 11) is 0. The maximum absolute atomic E-state index is 11.7. The summed E-state index contributed by atoms with van der Waals surface area (Å²) in [6.07, 6.45) is 0.518. The molecule has 1 atom stereocenters. The second kappa shape index (κ2) is 5.72. The van der Waals surface area contributed by atoms with Crippen LogP contribution >= 0.6 is 0 Å². The maximum Gasteiger partial charge on any atom is 0.324 e. The molecule has 1 saturated heterocycles. The predicted octanol–water partition coefficient (Wildman–Crippen LogP) is 1.71. The molecule has 0 saturated carbocycles. The predicted molar refractivity (Wildman–Crippen MR) is 73.3 cm³/mol. The average Bonchev–Trinajstić information content (AvgIpc) is 2.39. The molecule has 1 heterocycles. The molecule has 0 aromatic heterocycles. The molecule has 1 unspecified atom stereocenters. The summed E-state index contributed by atoms with van der Waals surface area (Å²) >= 11 is 0. The van der Waals surface area contributed by atoms with Crippen molar-refractivity contribution in [1.29, 1.82) is 0 Å². The molecule has 1 aliphatic rings. The summed E-state index contributed by atoms with van der Waals surface area (Å²) in [5.41, 5.74) is 1.36. The fourth-order valence-corrected chi connectivity index (χ4v) is 2.60. The largest absolute Gasteiger partial charge is 0.480 e. The Morgan fingerprint density at radius 3 is 2.68 bits per heavy atom. The molecule has 1 aromatic carbocycles. The van der Waals surface area contributed by atoms with E-state index in [2.05, 4.69) is 6.07 Å². The lowest BCUT2D eigenvalue weighted by Gasteiger charge is -2.40. The highest BCUT2D eigenvalue weighted by Crippen LogP contribution is 2.23. The molecule has 1 N–H and O–H groups in total. The van der Waals surface area contributed by atoms with Crippen LogP contribution in [0.3, 0.4) is 0 Å². The number of nitrogens with zero attached hydrogens (tertiary/aromatic N) is 1. The lowest BCUT2D eigenvalue weighted by molar-refractivity contribution is -0.153. The van der Waals surface area contributed by atoms with Gasteiger partial charge < -0.3 is 9.84 Å². The maximum atomic E-state index is 11.7. The lowest BCUT2D eigenvalue weighted by atomic mass is 9.90. The van der Waals surface area contributed by atoms with Gasteiger partial charge >= 0.3 is 5.97 Å². The van der Waals surface area contributed by atoms with E-state index in [0.717, 1.165) is 11.1 Å². The lowest BCUT2D eigenvalue weighted by Crippen LogP contribution is -2.57. The van der Waals surface area contributed by atoms with Gasteiger partial charge in [-0.15, -0.1) is 0 Å². The van der Waals surface area contributed by atoms with Gasteiger partial charge in [0.05, 0.1) is 13.2 Å². The third-order valence-corrected chi connectivity index (χ3v) is 3.80. The van der Waals surface area contributed by atoms with Crippen molar-refractivity contribution in [3.05, 3.63) is 35.4 Å². The first-order chi connectivity index (χ1) is 9.02. The van der Waals surface area contributed by atoms with E-state index in [1.165, 1.54) is 0 Å². The van der Waals surface area contributed by atoms with Crippen LogP contribution < -0.4 is 0 Å². The summed E-state index contributed by atoms with van der Waals surface area (Å²) in [6.45, 7) is 6.40. The molecule has 1 aliphatic heterocycles. The zero-order chi connectivity index (χ0) is 13.9. The van der Waals surface area contributed by atoms with Crippen molar-refractivity contribution in [2.24, 2.45) is 0 Å². The number of aryl methyl sites for hydroxylation is 1. The zero-order valence-electron chi connectivity index (χ0n) is 11.6. The Hall–Kier alpha value is -1.39. The number of morpholine rings is 1. The standard InChI is InChI=1S/C15H21NO3/c1-12-4-3-5-13(10-12)11-15(2,14(17)18)16-6-8-19-9-7-16/h3-5,10H,6-9,11H2,1-2H3,(H,17,18). The molecule has 19 heavy (non-hydrogen) atoms. The highest BCUT2D eigenvalue weighted by molar-refractivity contribution is 5.78. The van der Waals surface area contributed by atoms with Crippen molar-refractivity contribution >= 4 is 5.97 Å². The zero-order valence-corrected chi connectivity index (χ0v) is 11.6. The van der Waals surface area contributed by atoms with Gasteiger partial charge in [-0.05, 0) is 19.4 Å². The number of aliphatic carboxylic acids is 1. The topological polar surface area (TPSA) is 49.8 Å². The number of hydrogen-bond donors (Lipinski definition) is 1. The molecule has 104 valence electrons. The Labute approximate surface area is 114 Å². The molecule has 4 heteroatoms. The van der Waals surface area contributed by atoms with Crippen molar-refractivity contribution in [2.45, 2.75) is 25.8 Å². The van der Waals surface area contributed by atoms with Gasteiger partial charge in [0, 0.05) is 19.5 Å². The smallest absolute Gasteiger partial charge is 0.324 e. The number of benzene rings is 1. The van der Waals surface area contributed by atoms with Crippen molar-refractivity contribution in [3.63, 3.8) is 0 Å². The van der Waals surface area contributed by atoms with Crippen LogP contribution in [0.1, 0.15) is 18.1 Å². The molecular weight excluding hydrogens is 242 g/mol. The molecule has 0 radical (unpaired) electrons. The van der Waals surface area contributed by atoms with Gasteiger partial charge in [-0.2, -0.15) is 0 Å². The molecule has 0 bridgehead atoms. The van der Waals surface area contributed by atoms with Gasteiger partial charge in [0.2, 0.25) is 0 Å². The molecule has 0 amide bonds. The van der Waals surface area contributed by atoms with Crippen LogP contribution in [0.2, 0.25) is 0 Å². The number of carboxylic acid groups (broad SMARTS) is 1. The minimum Gasteiger partial charge on any atom is -0.480 e. The second-order valence-electron chi connectivity index (χ2n) is 5.34. The summed E-state index contributed by atoms with van der Waals surface area (Å²) in [5, 5.41) is 9.63. The summed E-state index contributed by atoms with van der Waals surface area (Å²) in [4.78, 5) is 13.7. The molecule has 1 aromatic rings. The Bertz CT molecular complexity index is 454. The van der Waals surface area contributed by atoms with Crippen LogP contribution in [0.4, 0.5) is 0 Å². The van der Waals surface area contributed by atoms with E-state index >= 15 is 0 Å². The first kappa shape index (κ1) is 14.0. The number of carbonyl (C=O) groups is 1. The molecular formula is C15H21NO3. The highest BCUT2D eigenvalue weighted by Gasteiger charge is 2.40. The quantitative estimate of drug-likeness (QED) is 0.898. The van der Waals surface area contributed by atoms with Gasteiger partial charge in [0.15, 0.2) is 0 Å². The van der Waals surface area contributed by atoms with Crippen molar-refractivity contribution in [2.75, 3.05) is 26.3 Å². The van der Waals surface area contributed by atoms with E-state index in [1.807, 2.05) is 36.9 Å². The Balaban J connectivity index is 2.21. The summed E-state index contributed by atoms with van der Waals surface area (Å²) in [5.74, 6) is -0.768. The fourth-order valence-electron chi connectivity index (χ4n) is 2.60. The fraction of sp³-hybridized carbons (Fsp3) is 0.533. The van der Waals surface area contributed by atoms with Crippen LogP contribution in [0.15, 0.2) is 24.3 Å². The van der Waals surface area contributed by atoms with Gasteiger partial charge in [-0.1, -0.05) is 29.8 Å². The SMILES string of the molecule is Cc1cccc(CC(C)(C(=O)O)N2CCOCC2)c1. The van der Waals surface area contributed by atoms with E-state index in [4.69, 9.17) is 4.74 Å². The van der Waals surface area contributed by atoms with Crippen molar-refractivity contribution in [3.8, 4) is 0 Å². The Kier molecular flexibility index (Phi) is 4.22. The van der Waals surface area contributed by atoms with Crippen LogP contribution in [0.5, 0.6) is 0 Å². The Morgan fingerprint density at radius 2 is 2.11 bits per heavy atom. The monoisotopic (exact) mass is 263 g/mol.